The van der Waals surface area contributed by atoms with Crippen molar-refractivity contribution in [2.45, 2.75) is 0 Å². The average molecular weight is 206 g/mol. The fourth-order valence-corrected chi connectivity index (χ4v) is 1.24. The van der Waals surface area contributed by atoms with Crippen molar-refractivity contribution < 1.29 is 4.42 Å². The number of nitriles is 1. The minimum Gasteiger partial charge on any atom is -0.463 e. The van der Waals surface area contributed by atoms with Crippen LogP contribution in [0.1, 0.15) is 5.56 Å². The van der Waals surface area contributed by atoms with Gasteiger partial charge in [-0.15, -0.1) is 0 Å². The van der Waals surface area contributed by atoms with E-state index in [4.69, 9.17) is 21.3 Å². The van der Waals surface area contributed by atoms with Crippen LogP contribution < -0.4 is 0 Å². The molecular formula is C9H4ClN3O. The Morgan fingerprint density at radius 1 is 1.43 bits per heavy atom. The molecule has 5 heteroatoms. The highest BCUT2D eigenvalue weighted by Gasteiger charge is 2.12. The molecule has 4 nitrogen and oxygen atoms in total. The van der Waals surface area contributed by atoms with Crippen molar-refractivity contribution in [1.29, 1.82) is 5.26 Å². The lowest BCUT2D eigenvalue weighted by Crippen LogP contribution is -1.91. The van der Waals surface area contributed by atoms with Gasteiger partial charge in [-0.1, -0.05) is 11.6 Å². The van der Waals surface area contributed by atoms with E-state index in [-0.39, 0.29) is 10.7 Å². The molecule has 0 fully saturated rings. The summed E-state index contributed by atoms with van der Waals surface area (Å²) in [6.45, 7) is 0. The van der Waals surface area contributed by atoms with Crippen molar-refractivity contribution in [3.8, 4) is 17.5 Å². The second-order valence-corrected chi connectivity index (χ2v) is 2.84. The van der Waals surface area contributed by atoms with Gasteiger partial charge in [0.2, 0.25) is 0 Å². The molecule has 2 rings (SSSR count). The number of aromatic nitrogens is 2. The number of hydrogen-bond acceptors (Lipinski definition) is 4. The Kier molecular flexibility index (Phi) is 2.17. The maximum Gasteiger partial charge on any atom is 0.153 e. The summed E-state index contributed by atoms with van der Waals surface area (Å²) in [5.41, 5.74) is 0.640. The lowest BCUT2D eigenvalue weighted by molar-refractivity contribution is 0.579. The van der Waals surface area contributed by atoms with Gasteiger partial charge >= 0.3 is 0 Å². The summed E-state index contributed by atoms with van der Waals surface area (Å²) in [5, 5.41) is 8.98. The first-order valence-electron chi connectivity index (χ1n) is 3.77. The zero-order chi connectivity index (χ0) is 9.97. The summed E-state index contributed by atoms with van der Waals surface area (Å²) in [6.07, 6.45) is 2.80. The Bertz CT molecular complexity index is 487. The summed E-state index contributed by atoms with van der Waals surface area (Å²) in [5.74, 6) is 0.505. The molecule has 0 radical (unpaired) electrons. The van der Waals surface area contributed by atoms with E-state index in [9.17, 15) is 0 Å². The van der Waals surface area contributed by atoms with Crippen LogP contribution in [0.5, 0.6) is 0 Å². The van der Waals surface area contributed by atoms with Crippen LogP contribution in [0.4, 0.5) is 0 Å². The maximum absolute atomic E-state index is 8.84. The first kappa shape index (κ1) is 8.73. The predicted molar refractivity (Wildman–Crippen MR) is 49.5 cm³/mol. The number of halogens is 1. The van der Waals surface area contributed by atoms with E-state index in [1.807, 2.05) is 6.07 Å². The topological polar surface area (TPSA) is 62.7 Å². The molecular weight excluding hydrogens is 202 g/mol. The molecule has 0 bridgehead atoms. The predicted octanol–water partition coefficient (Wildman–Crippen LogP) is 2.26. The minimum atomic E-state index is 0.133. The zero-order valence-electron chi connectivity index (χ0n) is 6.94. The molecule has 0 aliphatic carbocycles. The maximum atomic E-state index is 8.84. The molecule has 2 aromatic heterocycles. The summed E-state index contributed by atoms with van der Waals surface area (Å²) >= 11 is 5.73. The quantitative estimate of drug-likeness (QED) is 0.670. The Morgan fingerprint density at radius 2 is 2.29 bits per heavy atom. The van der Waals surface area contributed by atoms with Crippen LogP contribution in [-0.4, -0.2) is 9.97 Å². The molecule has 0 saturated heterocycles. The SMILES string of the molecule is N#Cc1c(Cl)ncnc1-c1ccco1. The van der Waals surface area contributed by atoms with Crippen LogP contribution in [0, 0.1) is 11.3 Å². The molecule has 0 N–H and O–H groups in total. The number of furan rings is 1. The van der Waals surface area contributed by atoms with Gasteiger partial charge in [0.05, 0.1) is 6.26 Å². The van der Waals surface area contributed by atoms with Gasteiger partial charge in [0.15, 0.2) is 10.9 Å². The Hall–Kier alpha value is -1.86. The third kappa shape index (κ3) is 1.34. The largest absolute Gasteiger partial charge is 0.463 e. The van der Waals surface area contributed by atoms with Gasteiger partial charge in [-0.05, 0) is 12.1 Å². The summed E-state index contributed by atoms with van der Waals surface area (Å²) in [6, 6.07) is 5.36. The molecule has 0 amide bonds. The van der Waals surface area contributed by atoms with E-state index in [1.165, 1.54) is 12.6 Å². The molecule has 0 aliphatic rings. The van der Waals surface area contributed by atoms with E-state index in [1.54, 1.807) is 12.1 Å². The van der Waals surface area contributed by atoms with Gasteiger partial charge in [0.1, 0.15) is 23.7 Å². The fraction of sp³-hybridized carbons (Fsp3) is 0. The molecule has 0 spiro atoms. The Labute approximate surface area is 84.8 Å². The number of hydrogen-bond donors (Lipinski definition) is 0. The van der Waals surface area contributed by atoms with E-state index < -0.39 is 0 Å². The van der Waals surface area contributed by atoms with Gasteiger partial charge in [0.25, 0.3) is 0 Å². The number of nitrogens with zero attached hydrogens (tertiary/aromatic N) is 3. The highest BCUT2D eigenvalue weighted by atomic mass is 35.5. The minimum absolute atomic E-state index is 0.133. The van der Waals surface area contributed by atoms with Gasteiger partial charge in [0, 0.05) is 0 Å². The summed E-state index contributed by atoms with van der Waals surface area (Å²) in [7, 11) is 0. The summed E-state index contributed by atoms with van der Waals surface area (Å²) in [4.78, 5) is 7.65. The van der Waals surface area contributed by atoms with E-state index in [0.717, 1.165) is 0 Å². The van der Waals surface area contributed by atoms with Crippen LogP contribution in [0.15, 0.2) is 29.1 Å². The normalized spacial score (nSPS) is 9.71. The van der Waals surface area contributed by atoms with Crippen molar-refractivity contribution in [2.24, 2.45) is 0 Å². The van der Waals surface area contributed by atoms with Crippen molar-refractivity contribution >= 4 is 11.6 Å². The highest BCUT2D eigenvalue weighted by molar-refractivity contribution is 6.30. The Balaban J connectivity index is 2.66. The van der Waals surface area contributed by atoms with Crippen LogP contribution in [-0.2, 0) is 0 Å². The number of rotatable bonds is 1. The van der Waals surface area contributed by atoms with Crippen molar-refractivity contribution in [3.63, 3.8) is 0 Å². The molecule has 0 saturated carbocycles. The summed E-state index contributed by atoms with van der Waals surface area (Å²) < 4.78 is 5.12. The van der Waals surface area contributed by atoms with Gasteiger partial charge < -0.3 is 4.42 Å². The zero-order valence-corrected chi connectivity index (χ0v) is 7.69. The van der Waals surface area contributed by atoms with E-state index in [2.05, 4.69) is 9.97 Å². The third-order valence-electron chi connectivity index (χ3n) is 1.67. The van der Waals surface area contributed by atoms with E-state index >= 15 is 0 Å². The van der Waals surface area contributed by atoms with Crippen LogP contribution >= 0.6 is 11.6 Å². The first-order chi connectivity index (χ1) is 6.83. The highest BCUT2D eigenvalue weighted by Crippen LogP contribution is 2.24. The van der Waals surface area contributed by atoms with Crippen molar-refractivity contribution in [1.82, 2.24) is 9.97 Å². The first-order valence-corrected chi connectivity index (χ1v) is 4.15. The molecule has 0 aromatic carbocycles. The lowest BCUT2D eigenvalue weighted by atomic mass is 10.2. The molecule has 68 valence electrons. The molecule has 14 heavy (non-hydrogen) atoms. The molecule has 2 heterocycles. The molecule has 0 aliphatic heterocycles. The van der Waals surface area contributed by atoms with Gasteiger partial charge in [-0.25, -0.2) is 9.97 Å². The van der Waals surface area contributed by atoms with Gasteiger partial charge in [-0.2, -0.15) is 5.26 Å². The van der Waals surface area contributed by atoms with Crippen molar-refractivity contribution in [3.05, 3.63) is 35.4 Å². The monoisotopic (exact) mass is 205 g/mol. The smallest absolute Gasteiger partial charge is 0.153 e. The Morgan fingerprint density at radius 3 is 2.93 bits per heavy atom. The second kappa shape index (κ2) is 3.48. The van der Waals surface area contributed by atoms with Crippen LogP contribution in [0.25, 0.3) is 11.5 Å². The molecule has 0 atom stereocenters. The second-order valence-electron chi connectivity index (χ2n) is 2.48. The molecule has 2 aromatic rings. The van der Waals surface area contributed by atoms with E-state index in [0.29, 0.717) is 11.5 Å². The van der Waals surface area contributed by atoms with Gasteiger partial charge in [-0.3, -0.25) is 0 Å². The third-order valence-corrected chi connectivity index (χ3v) is 1.95. The average Bonchev–Trinajstić information content (AvgIpc) is 2.70. The lowest BCUT2D eigenvalue weighted by Gasteiger charge is -1.98. The fourth-order valence-electron chi connectivity index (χ4n) is 1.06. The van der Waals surface area contributed by atoms with Crippen molar-refractivity contribution in [2.75, 3.05) is 0 Å². The molecule has 0 unspecified atom stereocenters. The van der Waals surface area contributed by atoms with Crippen LogP contribution in [0.2, 0.25) is 5.15 Å². The van der Waals surface area contributed by atoms with Crippen LogP contribution in [0.3, 0.4) is 0 Å². The standard InChI is InChI=1S/C9H4ClN3O/c10-9-6(4-11)8(12-5-13-9)7-2-1-3-14-7/h1-3,5H.